The summed E-state index contributed by atoms with van der Waals surface area (Å²) in [6.45, 7) is -1.31. The number of ether oxygens (including phenoxy) is 2. The molecular weight excluding hydrogens is 352 g/mol. The van der Waals surface area contributed by atoms with Gasteiger partial charge in [0.2, 0.25) is 0 Å². The molecule has 2 aromatic rings. The maximum atomic E-state index is 11.8. The van der Waals surface area contributed by atoms with Gasteiger partial charge in [-0.2, -0.15) is 0 Å². The molecule has 0 fully saturated rings. The summed E-state index contributed by atoms with van der Waals surface area (Å²) in [5.74, 6) is -2.17. The average molecular weight is 370 g/mol. The molecule has 0 unspecified atom stereocenters. The number of rotatable bonds is 8. The van der Waals surface area contributed by atoms with Crippen LogP contribution >= 0.6 is 0 Å². The number of benzene rings is 2. The third kappa shape index (κ3) is 7.39. The molecule has 3 amide bonds. The van der Waals surface area contributed by atoms with E-state index in [4.69, 9.17) is 9.47 Å². The summed E-state index contributed by atoms with van der Waals surface area (Å²) < 4.78 is 9.91. The van der Waals surface area contributed by atoms with Crippen molar-refractivity contribution >= 4 is 23.7 Å². The fourth-order valence-electron chi connectivity index (χ4n) is 1.91. The molecule has 0 aromatic heterocycles. The first-order valence-electron chi connectivity index (χ1n) is 8.04. The molecule has 8 heteroatoms. The normalized spacial score (nSPS) is 9.78. The van der Waals surface area contributed by atoms with Gasteiger partial charge in [-0.25, -0.2) is 0 Å². The lowest BCUT2D eigenvalue weighted by Crippen LogP contribution is -2.37. The van der Waals surface area contributed by atoms with Crippen LogP contribution in [-0.4, -0.2) is 43.4 Å². The Labute approximate surface area is 155 Å². The van der Waals surface area contributed by atoms with Crippen LogP contribution in [0.15, 0.2) is 60.7 Å². The molecule has 0 radical (unpaired) electrons. The number of carbonyl (C=O) groups is 4. The minimum atomic E-state index is -0.814. The number of para-hydroxylation sites is 1. The summed E-state index contributed by atoms with van der Waals surface area (Å²) >= 11 is 0. The van der Waals surface area contributed by atoms with Gasteiger partial charge in [0, 0.05) is 5.56 Å². The Bertz CT molecular complexity index is 792. The van der Waals surface area contributed by atoms with Gasteiger partial charge < -0.3 is 14.8 Å². The molecule has 0 heterocycles. The molecule has 8 nitrogen and oxygen atoms in total. The molecule has 0 aliphatic rings. The van der Waals surface area contributed by atoms with Crippen LogP contribution in [-0.2, 0) is 19.1 Å². The first kappa shape index (κ1) is 19.6. The third-order valence-corrected chi connectivity index (χ3v) is 3.20. The second-order valence-electron chi connectivity index (χ2n) is 5.28. The molecule has 2 N–H and O–H groups in total. The Morgan fingerprint density at radius 3 is 2.07 bits per heavy atom. The Balaban J connectivity index is 1.61. The molecule has 0 bridgehead atoms. The molecule has 27 heavy (non-hydrogen) atoms. The largest absolute Gasteiger partial charge is 0.484 e. The summed E-state index contributed by atoms with van der Waals surface area (Å²) in [4.78, 5) is 46.5. The molecule has 0 aliphatic carbocycles. The SMILES string of the molecule is O=C(COc1ccccc1)NCC(=O)OCC(=O)NC(=O)c1ccccc1. The first-order chi connectivity index (χ1) is 13.0. The lowest BCUT2D eigenvalue weighted by molar-refractivity contribution is -0.148. The van der Waals surface area contributed by atoms with Gasteiger partial charge in [0.1, 0.15) is 12.3 Å². The van der Waals surface area contributed by atoms with Crippen molar-refractivity contribution in [1.82, 2.24) is 10.6 Å². The van der Waals surface area contributed by atoms with Gasteiger partial charge in [-0.3, -0.25) is 24.5 Å². The topological polar surface area (TPSA) is 111 Å². The van der Waals surface area contributed by atoms with E-state index in [0.717, 1.165) is 0 Å². The van der Waals surface area contributed by atoms with E-state index in [1.54, 1.807) is 54.6 Å². The number of amides is 3. The fourth-order valence-corrected chi connectivity index (χ4v) is 1.91. The number of hydrogen-bond donors (Lipinski definition) is 2. The van der Waals surface area contributed by atoms with Gasteiger partial charge in [-0.05, 0) is 24.3 Å². The maximum Gasteiger partial charge on any atom is 0.325 e. The van der Waals surface area contributed by atoms with Gasteiger partial charge in [0.25, 0.3) is 17.7 Å². The van der Waals surface area contributed by atoms with Crippen LogP contribution in [0.1, 0.15) is 10.4 Å². The van der Waals surface area contributed by atoms with E-state index in [2.05, 4.69) is 10.6 Å². The predicted molar refractivity (Wildman–Crippen MR) is 94.8 cm³/mol. The van der Waals surface area contributed by atoms with Crippen LogP contribution in [0.25, 0.3) is 0 Å². The number of nitrogens with one attached hydrogen (secondary N) is 2. The maximum absolute atomic E-state index is 11.8. The zero-order chi connectivity index (χ0) is 19.5. The molecular formula is C19H18N2O6. The van der Waals surface area contributed by atoms with E-state index in [0.29, 0.717) is 11.3 Å². The van der Waals surface area contributed by atoms with E-state index in [9.17, 15) is 19.2 Å². The average Bonchev–Trinajstić information content (AvgIpc) is 2.70. The van der Waals surface area contributed by atoms with Gasteiger partial charge in [0.15, 0.2) is 13.2 Å². The fraction of sp³-hybridized carbons (Fsp3) is 0.158. The Morgan fingerprint density at radius 1 is 0.778 bits per heavy atom. The van der Waals surface area contributed by atoms with E-state index < -0.39 is 36.8 Å². The Morgan fingerprint density at radius 2 is 1.41 bits per heavy atom. The predicted octanol–water partition coefficient (Wildman–Crippen LogP) is 0.681. The second kappa shape index (κ2) is 10.3. The molecule has 2 rings (SSSR count). The van der Waals surface area contributed by atoms with Crippen molar-refractivity contribution in [3.63, 3.8) is 0 Å². The van der Waals surface area contributed by atoms with Crippen LogP contribution in [0.5, 0.6) is 5.75 Å². The second-order valence-corrected chi connectivity index (χ2v) is 5.28. The quantitative estimate of drug-likeness (QED) is 0.661. The molecule has 0 spiro atoms. The number of carbonyl (C=O) groups excluding carboxylic acids is 4. The number of esters is 1. The molecule has 2 aromatic carbocycles. The van der Waals surface area contributed by atoms with Crippen LogP contribution in [0, 0.1) is 0 Å². The first-order valence-corrected chi connectivity index (χ1v) is 8.04. The highest BCUT2D eigenvalue weighted by atomic mass is 16.5. The lowest BCUT2D eigenvalue weighted by Gasteiger charge is -2.08. The summed E-state index contributed by atoms with van der Waals surface area (Å²) in [5, 5.41) is 4.40. The lowest BCUT2D eigenvalue weighted by atomic mass is 10.2. The monoisotopic (exact) mass is 370 g/mol. The van der Waals surface area contributed by atoms with E-state index in [1.165, 1.54) is 0 Å². The molecule has 0 saturated carbocycles. The van der Waals surface area contributed by atoms with Crippen molar-refractivity contribution in [2.24, 2.45) is 0 Å². The van der Waals surface area contributed by atoms with Crippen molar-refractivity contribution in [2.75, 3.05) is 19.8 Å². The van der Waals surface area contributed by atoms with E-state index in [1.807, 2.05) is 6.07 Å². The minimum Gasteiger partial charge on any atom is -0.484 e. The zero-order valence-corrected chi connectivity index (χ0v) is 14.3. The van der Waals surface area contributed by atoms with Crippen molar-refractivity contribution in [2.45, 2.75) is 0 Å². The van der Waals surface area contributed by atoms with Crippen LogP contribution in [0.2, 0.25) is 0 Å². The summed E-state index contributed by atoms with van der Waals surface area (Å²) in [6.07, 6.45) is 0. The van der Waals surface area contributed by atoms with Gasteiger partial charge in [-0.1, -0.05) is 36.4 Å². The van der Waals surface area contributed by atoms with Crippen molar-refractivity contribution in [1.29, 1.82) is 0 Å². The van der Waals surface area contributed by atoms with Gasteiger partial charge in [0.05, 0.1) is 0 Å². The highest BCUT2D eigenvalue weighted by Gasteiger charge is 2.13. The third-order valence-electron chi connectivity index (χ3n) is 3.20. The van der Waals surface area contributed by atoms with Gasteiger partial charge >= 0.3 is 5.97 Å². The highest BCUT2D eigenvalue weighted by molar-refractivity contribution is 6.05. The Hall–Kier alpha value is -3.68. The van der Waals surface area contributed by atoms with Crippen molar-refractivity contribution in [3.8, 4) is 5.75 Å². The van der Waals surface area contributed by atoms with E-state index in [-0.39, 0.29) is 6.61 Å². The van der Waals surface area contributed by atoms with Crippen molar-refractivity contribution in [3.05, 3.63) is 66.2 Å². The smallest absolute Gasteiger partial charge is 0.325 e. The molecule has 140 valence electrons. The number of hydrogen-bond acceptors (Lipinski definition) is 6. The number of imide groups is 1. The summed E-state index contributed by atoms with van der Waals surface area (Å²) in [5.41, 5.74) is 0.308. The highest BCUT2D eigenvalue weighted by Crippen LogP contribution is 2.07. The summed E-state index contributed by atoms with van der Waals surface area (Å²) in [7, 11) is 0. The summed E-state index contributed by atoms with van der Waals surface area (Å²) in [6, 6.07) is 16.9. The van der Waals surface area contributed by atoms with Crippen LogP contribution in [0.4, 0.5) is 0 Å². The van der Waals surface area contributed by atoms with Crippen molar-refractivity contribution < 1.29 is 28.7 Å². The van der Waals surface area contributed by atoms with Crippen LogP contribution < -0.4 is 15.4 Å². The molecule has 0 aliphatic heterocycles. The molecule has 0 saturated heterocycles. The van der Waals surface area contributed by atoms with E-state index >= 15 is 0 Å². The zero-order valence-electron chi connectivity index (χ0n) is 14.3. The van der Waals surface area contributed by atoms with Gasteiger partial charge in [-0.15, -0.1) is 0 Å². The molecule has 0 atom stereocenters. The van der Waals surface area contributed by atoms with Crippen LogP contribution in [0.3, 0.4) is 0 Å². The standard InChI is InChI=1S/C19H18N2O6/c22-16(12-26-15-9-5-2-6-10-15)20-11-18(24)27-13-17(23)21-19(25)14-7-3-1-4-8-14/h1-10H,11-13H2,(H,20,22)(H,21,23,25). The Kier molecular flexibility index (Phi) is 7.52. The minimum absolute atomic E-state index is 0.261.